The first-order chi connectivity index (χ1) is 12.2. The van der Waals surface area contributed by atoms with Crippen LogP contribution in [-0.2, 0) is 19.6 Å². The SMILES string of the molecule is CC(=O)Nc1ccc(S(=O)(=O)NCC(=O)Nc2ccc(C)c(C)c2)cc1. The lowest BCUT2D eigenvalue weighted by Gasteiger charge is -2.10. The van der Waals surface area contributed by atoms with Crippen LogP contribution < -0.4 is 15.4 Å². The smallest absolute Gasteiger partial charge is 0.241 e. The Kier molecular flexibility index (Phi) is 6.12. The van der Waals surface area contributed by atoms with Crippen molar-refractivity contribution in [3.8, 4) is 0 Å². The number of benzene rings is 2. The molecule has 138 valence electrons. The summed E-state index contributed by atoms with van der Waals surface area (Å²) in [4.78, 5) is 23.0. The van der Waals surface area contributed by atoms with Gasteiger partial charge in [0.1, 0.15) is 0 Å². The van der Waals surface area contributed by atoms with Crippen LogP contribution in [0.25, 0.3) is 0 Å². The molecule has 0 atom stereocenters. The van der Waals surface area contributed by atoms with Crippen molar-refractivity contribution >= 4 is 33.2 Å². The van der Waals surface area contributed by atoms with Gasteiger partial charge in [-0.25, -0.2) is 13.1 Å². The lowest BCUT2D eigenvalue weighted by molar-refractivity contribution is -0.115. The number of rotatable bonds is 6. The van der Waals surface area contributed by atoms with Crippen LogP contribution in [0.4, 0.5) is 11.4 Å². The first-order valence-electron chi connectivity index (χ1n) is 7.92. The number of carbonyl (C=O) groups is 2. The number of amides is 2. The molecule has 0 saturated carbocycles. The van der Waals surface area contributed by atoms with E-state index in [0.29, 0.717) is 11.4 Å². The van der Waals surface area contributed by atoms with E-state index in [1.165, 1.54) is 31.2 Å². The highest BCUT2D eigenvalue weighted by atomic mass is 32.2. The molecule has 7 nitrogen and oxygen atoms in total. The first-order valence-corrected chi connectivity index (χ1v) is 9.40. The molecule has 8 heteroatoms. The Morgan fingerprint density at radius 1 is 0.885 bits per heavy atom. The van der Waals surface area contributed by atoms with Gasteiger partial charge in [0.05, 0.1) is 11.4 Å². The molecule has 0 aliphatic heterocycles. The molecule has 2 rings (SSSR count). The average molecular weight is 375 g/mol. The molecule has 0 heterocycles. The molecule has 0 aromatic heterocycles. The van der Waals surface area contributed by atoms with Crippen LogP contribution in [0.3, 0.4) is 0 Å². The van der Waals surface area contributed by atoms with Gasteiger partial charge < -0.3 is 10.6 Å². The predicted octanol–water partition coefficient (Wildman–Crippen LogP) is 2.18. The Hall–Kier alpha value is -2.71. The van der Waals surface area contributed by atoms with Crippen molar-refractivity contribution in [2.24, 2.45) is 0 Å². The highest BCUT2D eigenvalue weighted by Crippen LogP contribution is 2.15. The van der Waals surface area contributed by atoms with E-state index >= 15 is 0 Å². The molecule has 3 N–H and O–H groups in total. The number of carbonyl (C=O) groups excluding carboxylic acids is 2. The van der Waals surface area contributed by atoms with Gasteiger partial charge in [-0.2, -0.15) is 0 Å². The van der Waals surface area contributed by atoms with E-state index < -0.39 is 15.9 Å². The van der Waals surface area contributed by atoms with E-state index in [0.717, 1.165) is 11.1 Å². The Morgan fingerprint density at radius 2 is 1.50 bits per heavy atom. The van der Waals surface area contributed by atoms with Gasteiger partial charge in [0, 0.05) is 18.3 Å². The summed E-state index contributed by atoms with van der Waals surface area (Å²) in [5, 5.41) is 5.20. The maximum Gasteiger partial charge on any atom is 0.241 e. The molecule has 2 aromatic carbocycles. The third-order valence-electron chi connectivity index (χ3n) is 3.70. The molecule has 0 fully saturated rings. The van der Waals surface area contributed by atoms with E-state index in [1.807, 2.05) is 26.0 Å². The van der Waals surface area contributed by atoms with E-state index in [4.69, 9.17) is 0 Å². The summed E-state index contributed by atoms with van der Waals surface area (Å²) in [6.07, 6.45) is 0. The van der Waals surface area contributed by atoms with Crippen molar-refractivity contribution in [3.63, 3.8) is 0 Å². The Balaban J connectivity index is 1.97. The molecule has 26 heavy (non-hydrogen) atoms. The fourth-order valence-corrected chi connectivity index (χ4v) is 3.17. The molecule has 0 radical (unpaired) electrons. The summed E-state index contributed by atoms with van der Waals surface area (Å²) in [7, 11) is -3.83. The standard InChI is InChI=1S/C18H21N3O4S/c1-12-4-5-16(10-13(12)2)21-18(23)11-19-26(24,25)17-8-6-15(7-9-17)20-14(3)22/h4-10,19H,11H2,1-3H3,(H,20,22)(H,21,23). The Bertz CT molecular complexity index is 922. The number of nitrogens with one attached hydrogen (secondary N) is 3. The largest absolute Gasteiger partial charge is 0.326 e. The number of aryl methyl sites for hydroxylation is 2. The highest BCUT2D eigenvalue weighted by molar-refractivity contribution is 7.89. The van der Waals surface area contributed by atoms with Crippen LogP contribution in [0.5, 0.6) is 0 Å². The van der Waals surface area contributed by atoms with Crippen molar-refractivity contribution in [3.05, 3.63) is 53.6 Å². The third-order valence-corrected chi connectivity index (χ3v) is 5.12. The summed E-state index contributed by atoms with van der Waals surface area (Å²) < 4.78 is 26.7. The zero-order valence-electron chi connectivity index (χ0n) is 14.8. The zero-order valence-corrected chi connectivity index (χ0v) is 15.6. The topological polar surface area (TPSA) is 104 Å². The zero-order chi connectivity index (χ0) is 19.3. The molecular formula is C18H21N3O4S. The minimum atomic E-state index is -3.83. The van der Waals surface area contributed by atoms with Gasteiger partial charge in [-0.15, -0.1) is 0 Å². The minimum absolute atomic E-state index is 0.00517. The second-order valence-electron chi connectivity index (χ2n) is 5.88. The van der Waals surface area contributed by atoms with Crippen LogP contribution in [0, 0.1) is 13.8 Å². The maximum absolute atomic E-state index is 12.2. The van der Waals surface area contributed by atoms with E-state index in [1.54, 1.807) is 6.07 Å². The Labute approximate surface area is 152 Å². The van der Waals surface area contributed by atoms with Crippen molar-refractivity contribution in [1.29, 1.82) is 0 Å². The fraction of sp³-hybridized carbons (Fsp3) is 0.222. The van der Waals surface area contributed by atoms with Crippen LogP contribution in [-0.4, -0.2) is 26.8 Å². The van der Waals surface area contributed by atoms with Gasteiger partial charge in [-0.05, 0) is 61.4 Å². The lowest BCUT2D eigenvalue weighted by atomic mass is 10.1. The minimum Gasteiger partial charge on any atom is -0.326 e. The monoisotopic (exact) mass is 375 g/mol. The van der Waals surface area contributed by atoms with Crippen LogP contribution >= 0.6 is 0 Å². The average Bonchev–Trinajstić information content (AvgIpc) is 2.56. The summed E-state index contributed by atoms with van der Waals surface area (Å²) >= 11 is 0. The first kappa shape index (κ1) is 19.6. The van der Waals surface area contributed by atoms with Gasteiger partial charge in [0.25, 0.3) is 0 Å². The summed E-state index contributed by atoms with van der Waals surface area (Å²) in [5.41, 5.74) is 3.23. The molecule has 0 bridgehead atoms. The quantitative estimate of drug-likeness (QED) is 0.720. The molecule has 0 saturated heterocycles. The van der Waals surface area contributed by atoms with Gasteiger partial charge >= 0.3 is 0 Å². The molecule has 2 amide bonds. The number of hydrogen-bond acceptors (Lipinski definition) is 4. The second-order valence-corrected chi connectivity index (χ2v) is 7.64. The van der Waals surface area contributed by atoms with Gasteiger partial charge in [0.2, 0.25) is 21.8 Å². The molecule has 0 unspecified atom stereocenters. The number of sulfonamides is 1. The number of anilines is 2. The van der Waals surface area contributed by atoms with Crippen LogP contribution in [0.1, 0.15) is 18.1 Å². The van der Waals surface area contributed by atoms with Crippen molar-refractivity contribution in [1.82, 2.24) is 4.72 Å². The second kappa shape index (κ2) is 8.11. The molecule has 0 aliphatic carbocycles. The van der Waals surface area contributed by atoms with Gasteiger partial charge in [0.15, 0.2) is 0 Å². The van der Waals surface area contributed by atoms with Crippen molar-refractivity contribution < 1.29 is 18.0 Å². The number of hydrogen-bond donors (Lipinski definition) is 3. The molecular weight excluding hydrogens is 354 g/mol. The highest BCUT2D eigenvalue weighted by Gasteiger charge is 2.15. The fourth-order valence-electron chi connectivity index (χ4n) is 2.19. The third kappa shape index (κ3) is 5.40. The van der Waals surface area contributed by atoms with E-state index in [2.05, 4.69) is 15.4 Å². The van der Waals surface area contributed by atoms with Crippen LogP contribution in [0.2, 0.25) is 0 Å². The summed E-state index contributed by atoms with van der Waals surface area (Å²) in [6.45, 7) is 4.87. The lowest BCUT2D eigenvalue weighted by Crippen LogP contribution is -2.32. The van der Waals surface area contributed by atoms with E-state index in [9.17, 15) is 18.0 Å². The molecule has 0 spiro atoms. The summed E-state index contributed by atoms with van der Waals surface area (Å²) in [6, 6.07) is 11.1. The Morgan fingerprint density at radius 3 is 2.08 bits per heavy atom. The maximum atomic E-state index is 12.2. The normalized spacial score (nSPS) is 11.0. The van der Waals surface area contributed by atoms with Gasteiger partial charge in [-0.3, -0.25) is 9.59 Å². The molecule has 2 aromatic rings. The summed E-state index contributed by atoms with van der Waals surface area (Å²) in [5.74, 6) is -0.714. The molecule has 0 aliphatic rings. The van der Waals surface area contributed by atoms with Crippen molar-refractivity contribution in [2.75, 3.05) is 17.2 Å². The predicted molar refractivity (Wildman–Crippen MR) is 100 cm³/mol. The van der Waals surface area contributed by atoms with Gasteiger partial charge in [-0.1, -0.05) is 6.07 Å². The van der Waals surface area contributed by atoms with Crippen LogP contribution in [0.15, 0.2) is 47.4 Å². The van der Waals surface area contributed by atoms with Crippen molar-refractivity contribution in [2.45, 2.75) is 25.7 Å². The van der Waals surface area contributed by atoms with E-state index in [-0.39, 0.29) is 17.3 Å².